The lowest BCUT2D eigenvalue weighted by Crippen LogP contribution is -2.05. The van der Waals surface area contributed by atoms with E-state index in [1.807, 2.05) is 5.38 Å². The molecule has 0 unspecified atom stereocenters. The zero-order valence-corrected chi connectivity index (χ0v) is 12.5. The molecule has 0 radical (unpaired) electrons. The van der Waals surface area contributed by atoms with Crippen molar-refractivity contribution in [3.8, 4) is 10.6 Å². The summed E-state index contributed by atoms with van der Waals surface area (Å²) in [6.07, 6.45) is -2.13. The highest BCUT2D eigenvalue weighted by molar-refractivity contribution is 7.13. The molecule has 0 bridgehead atoms. The van der Waals surface area contributed by atoms with Gasteiger partial charge in [-0.25, -0.2) is 9.98 Å². The minimum Gasteiger partial charge on any atom is -0.264 e. The van der Waals surface area contributed by atoms with Gasteiger partial charge in [0.25, 0.3) is 0 Å². The van der Waals surface area contributed by atoms with Gasteiger partial charge in [0.15, 0.2) is 0 Å². The molecule has 114 valence electrons. The van der Waals surface area contributed by atoms with Crippen LogP contribution in [0.3, 0.4) is 0 Å². The summed E-state index contributed by atoms with van der Waals surface area (Å²) in [6, 6.07) is 3.99. The normalized spacial score (nSPS) is 14.5. The summed E-state index contributed by atoms with van der Waals surface area (Å²) < 4.78 is 38.7. The Labute approximate surface area is 129 Å². The first-order chi connectivity index (χ1) is 10.4. The molecule has 0 fully saturated rings. The van der Waals surface area contributed by atoms with E-state index in [0.717, 1.165) is 17.8 Å². The molecule has 7 heteroatoms. The molecule has 0 atom stereocenters. The predicted molar refractivity (Wildman–Crippen MR) is 81.8 cm³/mol. The molecule has 3 nitrogen and oxygen atoms in total. The molecule has 22 heavy (non-hydrogen) atoms. The van der Waals surface area contributed by atoms with Crippen LogP contribution in [-0.4, -0.2) is 23.6 Å². The summed E-state index contributed by atoms with van der Waals surface area (Å²) in [5.74, 6) is 0.706. The second-order valence-corrected chi connectivity index (χ2v) is 5.83. The van der Waals surface area contributed by atoms with Crippen molar-refractivity contribution < 1.29 is 13.2 Å². The fraction of sp³-hybridized carbons (Fsp3) is 0.267. The summed E-state index contributed by atoms with van der Waals surface area (Å²) in [5.41, 5.74) is 1.17. The Hall–Kier alpha value is -2.02. The van der Waals surface area contributed by atoms with Gasteiger partial charge in [-0.05, 0) is 30.7 Å². The van der Waals surface area contributed by atoms with E-state index in [1.165, 1.54) is 11.3 Å². The van der Waals surface area contributed by atoms with Crippen molar-refractivity contribution in [1.82, 2.24) is 4.98 Å². The first kappa shape index (κ1) is 14.9. The van der Waals surface area contributed by atoms with Crippen LogP contribution >= 0.6 is 11.3 Å². The lowest BCUT2D eigenvalue weighted by atomic mass is 10.1. The van der Waals surface area contributed by atoms with Crippen LogP contribution in [-0.2, 0) is 12.6 Å². The van der Waals surface area contributed by atoms with E-state index >= 15 is 0 Å². The molecule has 2 aromatic rings. The molecule has 0 N–H and O–H groups in total. The third-order valence-electron chi connectivity index (χ3n) is 3.14. The third kappa shape index (κ3) is 3.24. The van der Waals surface area contributed by atoms with Gasteiger partial charge in [-0.1, -0.05) is 0 Å². The second-order valence-electron chi connectivity index (χ2n) is 4.97. The number of thiazole rings is 1. The second kappa shape index (κ2) is 5.64. The van der Waals surface area contributed by atoms with Gasteiger partial charge in [0.1, 0.15) is 10.8 Å². The fourth-order valence-corrected chi connectivity index (χ4v) is 3.00. The Bertz CT molecular complexity index is 760. The van der Waals surface area contributed by atoms with Crippen molar-refractivity contribution in [3.05, 3.63) is 40.4 Å². The van der Waals surface area contributed by atoms with Crippen LogP contribution < -0.4 is 0 Å². The van der Waals surface area contributed by atoms with Gasteiger partial charge in [0.05, 0.1) is 24.2 Å². The molecule has 1 aliphatic rings. The molecule has 2 heterocycles. The van der Waals surface area contributed by atoms with Crippen LogP contribution in [0, 0.1) is 6.92 Å². The quantitative estimate of drug-likeness (QED) is 0.835. The summed E-state index contributed by atoms with van der Waals surface area (Å²) in [4.78, 5) is 12.7. The van der Waals surface area contributed by atoms with Crippen molar-refractivity contribution >= 4 is 23.4 Å². The highest BCUT2D eigenvalue weighted by Crippen LogP contribution is 2.34. The number of hydrogen-bond donors (Lipinski definition) is 0. The van der Waals surface area contributed by atoms with Crippen molar-refractivity contribution in [1.29, 1.82) is 0 Å². The molecule has 0 saturated carbocycles. The number of halogens is 3. The molecule has 0 amide bonds. The molecule has 0 aliphatic carbocycles. The number of aliphatic imine (C=N–C) groups is 2. The maximum absolute atomic E-state index is 12.9. The van der Waals surface area contributed by atoms with Crippen molar-refractivity contribution in [2.75, 3.05) is 6.54 Å². The number of hydrogen-bond acceptors (Lipinski definition) is 4. The van der Waals surface area contributed by atoms with Crippen LogP contribution in [0.25, 0.3) is 10.6 Å². The Balaban J connectivity index is 1.89. The van der Waals surface area contributed by atoms with E-state index in [4.69, 9.17) is 0 Å². The molecule has 1 aromatic heterocycles. The number of aryl methyl sites for hydroxylation is 1. The summed E-state index contributed by atoms with van der Waals surface area (Å²) in [6.45, 7) is 2.23. The average Bonchev–Trinajstić information content (AvgIpc) is 3.09. The van der Waals surface area contributed by atoms with E-state index in [2.05, 4.69) is 15.0 Å². The highest BCUT2D eigenvalue weighted by Gasteiger charge is 2.31. The highest BCUT2D eigenvalue weighted by atomic mass is 32.1. The zero-order valence-electron chi connectivity index (χ0n) is 11.7. The summed E-state index contributed by atoms with van der Waals surface area (Å²) in [5, 5.41) is 2.41. The molecular formula is C15H12F3N3S. The number of benzene rings is 1. The Morgan fingerprint density at radius 2 is 2.05 bits per heavy atom. The van der Waals surface area contributed by atoms with E-state index in [9.17, 15) is 13.2 Å². The van der Waals surface area contributed by atoms with E-state index in [1.54, 1.807) is 19.2 Å². The van der Waals surface area contributed by atoms with Crippen LogP contribution in [0.15, 0.2) is 33.6 Å². The Morgan fingerprint density at radius 1 is 1.23 bits per heavy atom. The standard InChI is InChI=1S/C15H12F3N3S/c1-9-4-10(6-11(5-9)15(16,17)18)14-21-12(8-22-14)7-13-19-2-3-20-13/h2,4-6,8H,3,7H2,1H3. The molecule has 0 spiro atoms. The first-order valence-electron chi connectivity index (χ1n) is 6.61. The first-order valence-corrected chi connectivity index (χ1v) is 7.49. The van der Waals surface area contributed by atoms with Crippen molar-refractivity contribution in [2.45, 2.75) is 19.5 Å². The monoisotopic (exact) mass is 323 g/mol. The van der Waals surface area contributed by atoms with Gasteiger partial charge < -0.3 is 0 Å². The summed E-state index contributed by atoms with van der Waals surface area (Å²) >= 11 is 1.33. The maximum atomic E-state index is 12.9. The number of amidine groups is 1. The topological polar surface area (TPSA) is 37.6 Å². The molecular weight excluding hydrogens is 311 g/mol. The fourth-order valence-electron chi connectivity index (χ4n) is 2.19. The zero-order chi connectivity index (χ0) is 15.7. The van der Waals surface area contributed by atoms with Crippen LogP contribution in [0.5, 0.6) is 0 Å². The Morgan fingerprint density at radius 3 is 2.73 bits per heavy atom. The number of nitrogens with zero attached hydrogens (tertiary/aromatic N) is 3. The lowest BCUT2D eigenvalue weighted by molar-refractivity contribution is -0.137. The van der Waals surface area contributed by atoms with Crippen LogP contribution in [0.1, 0.15) is 16.8 Å². The van der Waals surface area contributed by atoms with E-state index in [-0.39, 0.29) is 0 Å². The largest absolute Gasteiger partial charge is 0.416 e. The molecule has 3 rings (SSSR count). The van der Waals surface area contributed by atoms with Crippen LogP contribution in [0.2, 0.25) is 0 Å². The lowest BCUT2D eigenvalue weighted by Gasteiger charge is -2.09. The minimum absolute atomic E-state index is 0.487. The number of alkyl halides is 3. The predicted octanol–water partition coefficient (Wildman–Crippen LogP) is 4.16. The van der Waals surface area contributed by atoms with Gasteiger partial charge in [-0.15, -0.1) is 11.3 Å². The van der Waals surface area contributed by atoms with Crippen molar-refractivity contribution in [3.63, 3.8) is 0 Å². The summed E-state index contributed by atoms with van der Waals surface area (Å²) in [7, 11) is 0. The number of aromatic nitrogens is 1. The minimum atomic E-state index is -4.35. The molecule has 1 aromatic carbocycles. The van der Waals surface area contributed by atoms with Gasteiger partial charge in [0, 0.05) is 17.2 Å². The SMILES string of the molecule is Cc1cc(-c2nc(CC3=NCC=N3)cs2)cc(C(F)(F)F)c1. The van der Waals surface area contributed by atoms with Crippen LogP contribution in [0.4, 0.5) is 13.2 Å². The van der Waals surface area contributed by atoms with Gasteiger partial charge in [-0.3, -0.25) is 4.99 Å². The third-order valence-corrected chi connectivity index (χ3v) is 4.08. The maximum Gasteiger partial charge on any atom is 0.416 e. The van der Waals surface area contributed by atoms with E-state index < -0.39 is 11.7 Å². The van der Waals surface area contributed by atoms with Crippen molar-refractivity contribution in [2.24, 2.45) is 9.98 Å². The van der Waals surface area contributed by atoms with E-state index in [0.29, 0.717) is 34.9 Å². The molecule has 0 saturated heterocycles. The smallest absolute Gasteiger partial charge is 0.264 e. The molecule has 1 aliphatic heterocycles. The average molecular weight is 323 g/mol. The number of rotatable bonds is 3. The van der Waals surface area contributed by atoms with Gasteiger partial charge in [-0.2, -0.15) is 13.2 Å². The Kier molecular flexibility index (Phi) is 3.82. The van der Waals surface area contributed by atoms with Gasteiger partial charge in [0.2, 0.25) is 0 Å². The van der Waals surface area contributed by atoms with Gasteiger partial charge >= 0.3 is 6.18 Å².